The zero-order chi connectivity index (χ0) is 17.2. The molecule has 122 valence electrons. The third-order valence-electron chi connectivity index (χ3n) is 3.88. The van der Waals surface area contributed by atoms with Gasteiger partial charge < -0.3 is 5.32 Å². The van der Waals surface area contributed by atoms with Gasteiger partial charge in [-0.1, -0.05) is 42.5 Å². The molecule has 4 aromatic rings. The predicted octanol–water partition coefficient (Wildman–Crippen LogP) is 3.35. The number of rotatable bonds is 3. The fourth-order valence-corrected chi connectivity index (χ4v) is 2.57. The van der Waals surface area contributed by atoms with E-state index in [2.05, 4.69) is 20.4 Å². The van der Waals surface area contributed by atoms with E-state index in [1.54, 1.807) is 10.7 Å². The second kappa shape index (κ2) is 6.16. The summed E-state index contributed by atoms with van der Waals surface area (Å²) in [4.78, 5) is 20.6. The van der Waals surface area contributed by atoms with Gasteiger partial charge >= 0.3 is 0 Å². The van der Waals surface area contributed by atoms with Gasteiger partial charge in [0.15, 0.2) is 0 Å². The topological polar surface area (TPSA) is 72.2 Å². The van der Waals surface area contributed by atoms with E-state index in [-0.39, 0.29) is 11.7 Å². The third kappa shape index (κ3) is 2.97. The van der Waals surface area contributed by atoms with Crippen molar-refractivity contribution in [2.24, 2.45) is 0 Å². The summed E-state index contributed by atoms with van der Waals surface area (Å²) in [6, 6.07) is 19.5. The van der Waals surface area contributed by atoms with Crippen LogP contribution in [-0.2, 0) is 0 Å². The smallest absolute Gasteiger partial charge is 0.295 e. The number of fused-ring (bicyclic) bond motifs is 1. The lowest BCUT2D eigenvalue weighted by Crippen LogP contribution is -2.14. The zero-order valence-electron chi connectivity index (χ0n) is 13.5. The maximum Gasteiger partial charge on any atom is 0.295 e. The first-order valence-corrected chi connectivity index (χ1v) is 7.86. The minimum absolute atomic E-state index is 0.0916. The summed E-state index contributed by atoms with van der Waals surface area (Å²) in [5.74, 6) is 0.135. The van der Waals surface area contributed by atoms with Crippen LogP contribution < -0.4 is 5.32 Å². The molecule has 0 saturated carbocycles. The molecule has 0 spiro atoms. The molecule has 2 aromatic heterocycles. The number of carbonyl (C=O) groups excluding carboxylic acids is 1. The van der Waals surface area contributed by atoms with E-state index in [0.29, 0.717) is 11.5 Å². The molecule has 0 aliphatic carbocycles. The van der Waals surface area contributed by atoms with E-state index >= 15 is 0 Å². The summed E-state index contributed by atoms with van der Waals surface area (Å²) in [7, 11) is 0. The lowest BCUT2D eigenvalue weighted by atomic mass is 10.1. The Labute approximate surface area is 144 Å². The van der Waals surface area contributed by atoms with Gasteiger partial charge in [0.25, 0.3) is 11.7 Å². The van der Waals surface area contributed by atoms with E-state index in [4.69, 9.17) is 0 Å². The number of nitrogens with one attached hydrogen (secondary N) is 1. The maximum atomic E-state index is 12.4. The summed E-state index contributed by atoms with van der Waals surface area (Å²) < 4.78 is 1.55. The molecule has 0 radical (unpaired) electrons. The lowest BCUT2D eigenvalue weighted by molar-refractivity contribution is 0.101. The SMILES string of the molecule is Cc1ccnc2nc(C(=O)Nc3ccc(-c4ccccc4)cc3)nn12. The minimum Gasteiger partial charge on any atom is -0.319 e. The monoisotopic (exact) mass is 329 g/mol. The largest absolute Gasteiger partial charge is 0.319 e. The van der Waals surface area contributed by atoms with Crippen molar-refractivity contribution in [1.82, 2.24) is 19.6 Å². The molecule has 0 saturated heterocycles. The van der Waals surface area contributed by atoms with Crippen molar-refractivity contribution < 1.29 is 4.79 Å². The van der Waals surface area contributed by atoms with Crippen LogP contribution in [0.5, 0.6) is 0 Å². The van der Waals surface area contributed by atoms with Crippen molar-refractivity contribution in [2.45, 2.75) is 6.92 Å². The van der Waals surface area contributed by atoms with Crippen molar-refractivity contribution >= 4 is 17.4 Å². The molecular formula is C19H15N5O. The van der Waals surface area contributed by atoms with Gasteiger partial charge in [-0.2, -0.15) is 4.98 Å². The summed E-state index contributed by atoms with van der Waals surface area (Å²) in [6.07, 6.45) is 1.64. The number of hydrogen-bond acceptors (Lipinski definition) is 4. The molecule has 6 heteroatoms. The van der Waals surface area contributed by atoms with Crippen molar-refractivity contribution in [3.63, 3.8) is 0 Å². The Kier molecular flexibility index (Phi) is 3.70. The van der Waals surface area contributed by atoms with Crippen LogP contribution in [0.1, 0.15) is 16.3 Å². The molecule has 0 bridgehead atoms. The highest BCUT2D eigenvalue weighted by Crippen LogP contribution is 2.21. The molecule has 0 atom stereocenters. The summed E-state index contributed by atoms with van der Waals surface area (Å²) in [5, 5.41) is 7.02. The van der Waals surface area contributed by atoms with Crippen molar-refractivity contribution in [3.05, 3.63) is 78.4 Å². The molecule has 2 heterocycles. The van der Waals surface area contributed by atoms with Crippen LogP contribution >= 0.6 is 0 Å². The predicted molar refractivity (Wildman–Crippen MR) is 95.4 cm³/mol. The van der Waals surface area contributed by atoms with E-state index in [9.17, 15) is 4.79 Å². The fraction of sp³-hybridized carbons (Fsp3) is 0.0526. The van der Waals surface area contributed by atoms with Crippen LogP contribution in [0.3, 0.4) is 0 Å². The van der Waals surface area contributed by atoms with Crippen molar-refractivity contribution in [1.29, 1.82) is 0 Å². The molecule has 1 amide bonds. The van der Waals surface area contributed by atoms with Crippen molar-refractivity contribution in [3.8, 4) is 11.1 Å². The van der Waals surface area contributed by atoms with Gasteiger partial charge in [-0.05, 0) is 36.2 Å². The number of benzene rings is 2. The van der Waals surface area contributed by atoms with E-state index in [0.717, 1.165) is 16.8 Å². The zero-order valence-corrected chi connectivity index (χ0v) is 13.5. The van der Waals surface area contributed by atoms with Gasteiger partial charge in [0.2, 0.25) is 5.82 Å². The number of hydrogen-bond donors (Lipinski definition) is 1. The van der Waals surface area contributed by atoms with E-state index < -0.39 is 0 Å². The van der Waals surface area contributed by atoms with Crippen LogP contribution in [0.25, 0.3) is 16.9 Å². The summed E-state index contributed by atoms with van der Waals surface area (Å²) in [5.41, 5.74) is 3.77. The minimum atomic E-state index is -0.364. The first-order valence-electron chi connectivity index (χ1n) is 7.86. The first kappa shape index (κ1) is 15.0. The Morgan fingerprint density at radius 1 is 0.960 bits per heavy atom. The van der Waals surface area contributed by atoms with Crippen LogP contribution in [0.15, 0.2) is 66.9 Å². The number of amides is 1. The molecule has 0 fully saturated rings. The highest BCUT2D eigenvalue weighted by Gasteiger charge is 2.14. The third-order valence-corrected chi connectivity index (χ3v) is 3.88. The Bertz CT molecular complexity index is 1040. The molecular weight excluding hydrogens is 314 g/mol. The Balaban J connectivity index is 1.55. The second-order valence-corrected chi connectivity index (χ2v) is 5.63. The number of aromatic nitrogens is 4. The second-order valence-electron chi connectivity index (χ2n) is 5.63. The van der Waals surface area contributed by atoms with Gasteiger partial charge in [0, 0.05) is 17.6 Å². The molecule has 1 N–H and O–H groups in total. The van der Waals surface area contributed by atoms with Crippen molar-refractivity contribution in [2.75, 3.05) is 5.32 Å². The number of anilines is 1. The molecule has 0 aliphatic rings. The standard InChI is InChI=1S/C19H15N5O/c1-13-11-12-20-19-22-17(23-24(13)19)18(25)21-16-9-7-15(8-10-16)14-5-3-2-4-6-14/h2-12H,1H3,(H,21,25). The molecule has 2 aromatic carbocycles. The first-order chi connectivity index (χ1) is 12.2. The molecule has 4 rings (SSSR count). The summed E-state index contributed by atoms with van der Waals surface area (Å²) >= 11 is 0. The van der Waals surface area contributed by atoms with Gasteiger partial charge in [0.1, 0.15) is 0 Å². The van der Waals surface area contributed by atoms with Gasteiger partial charge in [-0.15, -0.1) is 5.10 Å². The molecule has 0 aliphatic heterocycles. The fourth-order valence-electron chi connectivity index (χ4n) is 2.57. The Morgan fingerprint density at radius 3 is 2.40 bits per heavy atom. The van der Waals surface area contributed by atoms with E-state index in [1.165, 1.54) is 0 Å². The maximum absolute atomic E-state index is 12.4. The average Bonchev–Trinajstić information content (AvgIpc) is 3.09. The summed E-state index contributed by atoms with van der Waals surface area (Å²) in [6.45, 7) is 1.88. The molecule has 25 heavy (non-hydrogen) atoms. The van der Waals surface area contributed by atoms with Crippen LogP contribution in [-0.4, -0.2) is 25.5 Å². The van der Waals surface area contributed by atoms with Crippen LogP contribution in [0.2, 0.25) is 0 Å². The Hall–Kier alpha value is -3.54. The molecule has 6 nitrogen and oxygen atoms in total. The van der Waals surface area contributed by atoms with Crippen LogP contribution in [0.4, 0.5) is 5.69 Å². The number of nitrogens with zero attached hydrogens (tertiary/aromatic N) is 4. The van der Waals surface area contributed by atoms with Crippen LogP contribution in [0, 0.1) is 6.92 Å². The Morgan fingerprint density at radius 2 is 1.68 bits per heavy atom. The lowest BCUT2D eigenvalue weighted by Gasteiger charge is -2.05. The quantitative estimate of drug-likeness (QED) is 0.625. The van der Waals surface area contributed by atoms with E-state index in [1.807, 2.05) is 67.6 Å². The number of aryl methyl sites for hydroxylation is 1. The van der Waals surface area contributed by atoms with Gasteiger partial charge in [-0.3, -0.25) is 4.79 Å². The number of carbonyl (C=O) groups is 1. The highest BCUT2D eigenvalue weighted by atomic mass is 16.2. The normalized spacial score (nSPS) is 10.8. The van der Waals surface area contributed by atoms with Gasteiger partial charge in [0.05, 0.1) is 0 Å². The van der Waals surface area contributed by atoms with Gasteiger partial charge in [-0.25, -0.2) is 9.50 Å². The molecule has 0 unspecified atom stereocenters. The highest BCUT2D eigenvalue weighted by molar-refractivity contribution is 6.01. The average molecular weight is 329 g/mol.